The Morgan fingerprint density at radius 1 is 1.24 bits per heavy atom. The second-order valence-electron chi connectivity index (χ2n) is 5.25. The van der Waals surface area contributed by atoms with Crippen LogP contribution in [0.25, 0.3) is 20.9 Å². The minimum atomic E-state index is -0.581. The minimum Gasteiger partial charge on any atom is -0.454 e. The van der Waals surface area contributed by atoms with Gasteiger partial charge in [0.1, 0.15) is 28.8 Å². The van der Waals surface area contributed by atoms with Gasteiger partial charge in [0.15, 0.2) is 5.69 Å². The van der Waals surface area contributed by atoms with Crippen LogP contribution in [0, 0.1) is 6.92 Å². The molecular formula is C17H12N4O3S. The van der Waals surface area contributed by atoms with Crippen LogP contribution in [-0.4, -0.2) is 26.1 Å². The van der Waals surface area contributed by atoms with Crippen molar-refractivity contribution in [3.8, 4) is 10.7 Å². The topological polar surface area (TPSA) is 91.0 Å². The van der Waals surface area contributed by atoms with Crippen molar-refractivity contribution in [2.24, 2.45) is 0 Å². The average molecular weight is 352 g/mol. The molecule has 0 aliphatic rings. The zero-order valence-corrected chi connectivity index (χ0v) is 14.0. The highest BCUT2D eigenvalue weighted by molar-refractivity contribution is 7.21. The molecule has 1 aromatic carbocycles. The fourth-order valence-corrected chi connectivity index (χ4v) is 3.27. The molecule has 4 aromatic rings. The van der Waals surface area contributed by atoms with E-state index in [-0.39, 0.29) is 12.3 Å². The molecule has 3 heterocycles. The third kappa shape index (κ3) is 3.11. The Kier molecular flexibility index (Phi) is 3.95. The van der Waals surface area contributed by atoms with Crippen molar-refractivity contribution in [3.05, 3.63) is 59.9 Å². The SMILES string of the molecule is Cc1cc(COC(=O)c2nccnc2-c2nc3ccccc3s2)no1. The normalized spacial score (nSPS) is 10.9. The van der Waals surface area contributed by atoms with E-state index in [0.717, 1.165) is 10.2 Å². The molecule has 0 spiro atoms. The van der Waals surface area contributed by atoms with Crippen LogP contribution in [0.15, 0.2) is 47.2 Å². The summed E-state index contributed by atoms with van der Waals surface area (Å²) in [7, 11) is 0. The molecule has 3 aromatic heterocycles. The van der Waals surface area contributed by atoms with Crippen molar-refractivity contribution < 1.29 is 14.1 Å². The molecule has 0 radical (unpaired) electrons. The number of hydrogen-bond acceptors (Lipinski definition) is 8. The van der Waals surface area contributed by atoms with Gasteiger partial charge in [0, 0.05) is 18.5 Å². The Hall–Kier alpha value is -3.13. The van der Waals surface area contributed by atoms with Gasteiger partial charge in [-0.1, -0.05) is 17.3 Å². The van der Waals surface area contributed by atoms with Crippen LogP contribution in [0.4, 0.5) is 0 Å². The van der Waals surface area contributed by atoms with Crippen LogP contribution in [0.3, 0.4) is 0 Å². The van der Waals surface area contributed by atoms with Gasteiger partial charge in [-0.15, -0.1) is 11.3 Å². The molecule has 0 N–H and O–H groups in total. The van der Waals surface area contributed by atoms with E-state index in [2.05, 4.69) is 20.1 Å². The molecule has 0 fully saturated rings. The Bertz CT molecular complexity index is 1020. The zero-order valence-electron chi connectivity index (χ0n) is 13.2. The summed E-state index contributed by atoms with van der Waals surface area (Å²) >= 11 is 1.45. The zero-order chi connectivity index (χ0) is 17.2. The summed E-state index contributed by atoms with van der Waals surface area (Å²) in [5.74, 6) is 0.0729. The Morgan fingerprint density at radius 3 is 2.88 bits per heavy atom. The van der Waals surface area contributed by atoms with Crippen LogP contribution in [0.1, 0.15) is 21.9 Å². The molecule has 25 heavy (non-hydrogen) atoms. The lowest BCUT2D eigenvalue weighted by Gasteiger charge is -2.04. The van der Waals surface area contributed by atoms with E-state index in [0.29, 0.717) is 22.2 Å². The second kappa shape index (κ2) is 6.40. The lowest BCUT2D eigenvalue weighted by molar-refractivity contribution is 0.0458. The van der Waals surface area contributed by atoms with E-state index in [1.165, 1.54) is 23.7 Å². The number of carbonyl (C=O) groups excluding carboxylic acids is 1. The highest BCUT2D eigenvalue weighted by atomic mass is 32.1. The first-order chi connectivity index (χ1) is 12.2. The van der Waals surface area contributed by atoms with Crippen LogP contribution in [-0.2, 0) is 11.3 Å². The van der Waals surface area contributed by atoms with Crippen LogP contribution in [0.2, 0.25) is 0 Å². The summed E-state index contributed by atoms with van der Waals surface area (Å²) in [4.78, 5) is 25.4. The number of carbonyl (C=O) groups is 1. The molecule has 4 rings (SSSR count). The summed E-state index contributed by atoms with van der Waals surface area (Å²) in [6.07, 6.45) is 2.98. The van der Waals surface area contributed by atoms with Crippen molar-refractivity contribution in [2.45, 2.75) is 13.5 Å². The highest BCUT2D eigenvalue weighted by Gasteiger charge is 2.20. The van der Waals surface area contributed by atoms with Crippen molar-refractivity contribution >= 4 is 27.5 Å². The molecule has 0 aliphatic carbocycles. The fourth-order valence-electron chi connectivity index (χ4n) is 2.31. The molecule has 0 saturated carbocycles. The van der Waals surface area contributed by atoms with E-state index in [4.69, 9.17) is 9.26 Å². The highest BCUT2D eigenvalue weighted by Crippen LogP contribution is 2.30. The van der Waals surface area contributed by atoms with Crippen LogP contribution < -0.4 is 0 Å². The molecule has 7 nitrogen and oxygen atoms in total. The number of benzene rings is 1. The number of para-hydroxylation sites is 1. The molecule has 0 atom stereocenters. The monoisotopic (exact) mass is 352 g/mol. The number of aromatic nitrogens is 4. The number of aryl methyl sites for hydroxylation is 1. The molecule has 0 amide bonds. The fraction of sp³-hybridized carbons (Fsp3) is 0.118. The van der Waals surface area contributed by atoms with Crippen LogP contribution in [0.5, 0.6) is 0 Å². The Morgan fingerprint density at radius 2 is 2.08 bits per heavy atom. The predicted molar refractivity (Wildman–Crippen MR) is 91.0 cm³/mol. The maximum absolute atomic E-state index is 12.4. The van der Waals surface area contributed by atoms with Crippen molar-refractivity contribution in [1.82, 2.24) is 20.1 Å². The largest absolute Gasteiger partial charge is 0.454 e. The minimum absolute atomic E-state index is 0.00598. The van der Waals surface area contributed by atoms with Crippen LogP contribution >= 0.6 is 11.3 Å². The maximum atomic E-state index is 12.4. The summed E-state index contributed by atoms with van der Waals surface area (Å²) in [6, 6.07) is 9.44. The third-order valence-electron chi connectivity index (χ3n) is 3.42. The Labute approximate surface area is 146 Å². The standard InChI is InChI=1S/C17H12N4O3S/c1-10-8-11(21-24-10)9-23-17(22)15-14(18-6-7-19-15)16-20-12-4-2-3-5-13(12)25-16/h2-8H,9H2,1H3. The first-order valence-electron chi connectivity index (χ1n) is 7.47. The smallest absolute Gasteiger partial charge is 0.359 e. The molecule has 8 heteroatoms. The number of rotatable bonds is 4. The first kappa shape index (κ1) is 15.4. The van der Waals surface area contributed by atoms with Gasteiger partial charge in [-0.25, -0.2) is 19.7 Å². The van der Waals surface area contributed by atoms with Gasteiger partial charge in [0.05, 0.1) is 10.2 Å². The number of esters is 1. The van der Waals surface area contributed by atoms with E-state index in [9.17, 15) is 4.79 Å². The quantitative estimate of drug-likeness (QED) is 0.520. The number of ether oxygens (including phenoxy) is 1. The number of hydrogen-bond donors (Lipinski definition) is 0. The lowest BCUT2D eigenvalue weighted by Crippen LogP contribution is -2.10. The molecule has 124 valence electrons. The van der Waals surface area contributed by atoms with Gasteiger partial charge < -0.3 is 9.26 Å². The molecule has 0 bridgehead atoms. The van der Waals surface area contributed by atoms with E-state index in [1.807, 2.05) is 24.3 Å². The average Bonchev–Trinajstić information content (AvgIpc) is 3.25. The van der Waals surface area contributed by atoms with E-state index < -0.39 is 5.97 Å². The maximum Gasteiger partial charge on any atom is 0.359 e. The lowest BCUT2D eigenvalue weighted by atomic mass is 10.3. The van der Waals surface area contributed by atoms with Gasteiger partial charge in [-0.2, -0.15) is 0 Å². The van der Waals surface area contributed by atoms with Crippen molar-refractivity contribution in [1.29, 1.82) is 0 Å². The van der Waals surface area contributed by atoms with Gasteiger partial charge in [-0.3, -0.25) is 0 Å². The third-order valence-corrected chi connectivity index (χ3v) is 4.46. The summed E-state index contributed by atoms with van der Waals surface area (Å²) < 4.78 is 11.2. The predicted octanol–water partition coefficient (Wildman–Crippen LogP) is 3.41. The second-order valence-corrected chi connectivity index (χ2v) is 6.28. The number of fused-ring (bicyclic) bond motifs is 1. The summed E-state index contributed by atoms with van der Waals surface area (Å²) in [5.41, 5.74) is 1.92. The molecular weight excluding hydrogens is 340 g/mol. The van der Waals surface area contributed by atoms with Gasteiger partial charge in [-0.05, 0) is 19.1 Å². The van der Waals surface area contributed by atoms with Gasteiger partial charge in [0.2, 0.25) is 0 Å². The van der Waals surface area contributed by atoms with Gasteiger partial charge in [0.25, 0.3) is 0 Å². The van der Waals surface area contributed by atoms with E-state index >= 15 is 0 Å². The first-order valence-corrected chi connectivity index (χ1v) is 8.28. The van der Waals surface area contributed by atoms with E-state index in [1.54, 1.807) is 13.0 Å². The molecule has 0 unspecified atom stereocenters. The summed E-state index contributed by atoms with van der Waals surface area (Å²) in [5, 5.41) is 4.42. The Balaban J connectivity index is 1.63. The van der Waals surface area contributed by atoms with Gasteiger partial charge >= 0.3 is 5.97 Å². The van der Waals surface area contributed by atoms with Crippen molar-refractivity contribution in [2.75, 3.05) is 0 Å². The van der Waals surface area contributed by atoms with Crippen molar-refractivity contribution in [3.63, 3.8) is 0 Å². The number of nitrogens with zero attached hydrogens (tertiary/aromatic N) is 4. The summed E-state index contributed by atoms with van der Waals surface area (Å²) in [6.45, 7) is 1.78. The molecule has 0 aliphatic heterocycles. The molecule has 0 saturated heterocycles. The number of thiazole rings is 1.